The monoisotopic (exact) mass is 322 g/mol. The lowest BCUT2D eigenvalue weighted by molar-refractivity contribution is -0.134. The Hall–Kier alpha value is -1.71. The second-order valence-corrected chi connectivity index (χ2v) is 5.86. The second kappa shape index (κ2) is 11.8. The first-order chi connectivity index (χ1) is 11.2. The fourth-order valence-electron chi connectivity index (χ4n) is 2.54. The molecular formula is C19H30O4. The van der Waals surface area contributed by atoms with Gasteiger partial charge in [0.2, 0.25) is 5.75 Å². The third-order valence-corrected chi connectivity index (χ3v) is 3.87. The Morgan fingerprint density at radius 2 is 1.61 bits per heavy atom. The largest absolute Gasteiger partial charge is 0.504 e. The van der Waals surface area contributed by atoms with Crippen LogP contribution in [0, 0.1) is 0 Å². The van der Waals surface area contributed by atoms with Crippen molar-refractivity contribution in [2.45, 2.75) is 71.1 Å². The Labute approximate surface area is 139 Å². The van der Waals surface area contributed by atoms with Crippen molar-refractivity contribution < 1.29 is 19.4 Å². The van der Waals surface area contributed by atoms with Gasteiger partial charge in [-0.3, -0.25) is 4.79 Å². The van der Waals surface area contributed by atoms with E-state index >= 15 is 0 Å². The van der Waals surface area contributed by atoms with Gasteiger partial charge < -0.3 is 14.6 Å². The molecule has 0 unspecified atom stereocenters. The number of phenols is 1. The van der Waals surface area contributed by atoms with Crippen LogP contribution >= 0.6 is 0 Å². The van der Waals surface area contributed by atoms with E-state index in [4.69, 9.17) is 9.47 Å². The molecule has 4 heteroatoms. The summed E-state index contributed by atoms with van der Waals surface area (Å²) in [7, 11) is 1.44. The summed E-state index contributed by atoms with van der Waals surface area (Å²) in [6.07, 6.45) is 11.3. The first-order valence-electron chi connectivity index (χ1n) is 8.75. The maximum atomic E-state index is 11.8. The van der Waals surface area contributed by atoms with Gasteiger partial charge in [-0.1, -0.05) is 64.4 Å². The summed E-state index contributed by atoms with van der Waals surface area (Å²) < 4.78 is 10.3. The zero-order valence-corrected chi connectivity index (χ0v) is 14.5. The number of benzene rings is 1. The third kappa shape index (κ3) is 7.91. The van der Waals surface area contributed by atoms with Crippen LogP contribution in [0.2, 0.25) is 0 Å². The summed E-state index contributed by atoms with van der Waals surface area (Å²) in [6, 6.07) is 4.74. The van der Waals surface area contributed by atoms with E-state index in [9.17, 15) is 9.90 Å². The molecular weight excluding hydrogens is 292 g/mol. The molecule has 0 aliphatic carbocycles. The molecule has 0 aliphatic heterocycles. The van der Waals surface area contributed by atoms with Gasteiger partial charge in [0.1, 0.15) is 0 Å². The van der Waals surface area contributed by atoms with Gasteiger partial charge >= 0.3 is 5.97 Å². The van der Waals surface area contributed by atoms with Crippen LogP contribution in [0.15, 0.2) is 18.2 Å². The van der Waals surface area contributed by atoms with Crippen molar-refractivity contribution >= 4 is 5.97 Å². The van der Waals surface area contributed by atoms with Crippen molar-refractivity contribution in [2.75, 3.05) is 7.11 Å². The minimum Gasteiger partial charge on any atom is -0.504 e. The Morgan fingerprint density at radius 1 is 1.00 bits per heavy atom. The highest BCUT2D eigenvalue weighted by molar-refractivity contribution is 5.73. The highest BCUT2D eigenvalue weighted by Crippen LogP contribution is 2.35. The van der Waals surface area contributed by atoms with Crippen molar-refractivity contribution in [2.24, 2.45) is 0 Å². The molecule has 1 aromatic carbocycles. The highest BCUT2D eigenvalue weighted by Gasteiger charge is 2.12. The van der Waals surface area contributed by atoms with Crippen molar-refractivity contribution in [1.82, 2.24) is 0 Å². The van der Waals surface area contributed by atoms with Gasteiger partial charge in [0.25, 0.3) is 0 Å². The first kappa shape index (κ1) is 19.3. The predicted molar refractivity (Wildman–Crippen MR) is 92.1 cm³/mol. The number of ether oxygens (including phenoxy) is 2. The number of carbonyl (C=O) groups excluding carboxylic acids is 1. The number of para-hydroxylation sites is 1. The summed E-state index contributed by atoms with van der Waals surface area (Å²) in [4.78, 5) is 11.8. The van der Waals surface area contributed by atoms with Crippen LogP contribution < -0.4 is 9.47 Å². The van der Waals surface area contributed by atoms with Gasteiger partial charge in [-0.15, -0.1) is 0 Å². The SMILES string of the molecule is CCCCCCCCCCCC(=O)Oc1cccc(O)c1OC. The topological polar surface area (TPSA) is 55.8 Å². The van der Waals surface area contributed by atoms with Crippen LogP contribution in [-0.4, -0.2) is 18.2 Å². The molecule has 23 heavy (non-hydrogen) atoms. The molecule has 0 amide bonds. The standard InChI is InChI=1S/C19H30O4/c1-3-4-5-6-7-8-9-10-11-15-18(21)23-17-14-12-13-16(20)19(17)22-2/h12-14,20H,3-11,15H2,1-2H3. The van der Waals surface area contributed by atoms with E-state index in [1.54, 1.807) is 12.1 Å². The number of hydrogen-bond donors (Lipinski definition) is 1. The first-order valence-corrected chi connectivity index (χ1v) is 8.75. The third-order valence-electron chi connectivity index (χ3n) is 3.87. The van der Waals surface area contributed by atoms with Crippen LogP contribution in [0.25, 0.3) is 0 Å². The molecule has 0 fully saturated rings. The summed E-state index contributed by atoms with van der Waals surface area (Å²) in [5.41, 5.74) is 0. The number of methoxy groups -OCH3 is 1. The molecule has 1 aromatic rings. The molecule has 4 nitrogen and oxygen atoms in total. The van der Waals surface area contributed by atoms with Gasteiger partial charge in [-0.25, -0.2) is 0 Å². The minimum absolute atomic E-state index is 0.0270. The van der Waals surface area contributed by atoms with Crippen LogP contribution in [0.5, 0.6) is 17.2 Å². The van der Waals surface area contributed by atoms with E-state index in [2.05, 4.69) is 6.92 Å². The lowest BCUT2D eigenvalue weighted by Gasteiger charge is -2.10. The number of aromatic hydroxyl groups is 1. The number of phenolic OH excluding ortho intramolecular Hbond substituents is 1. The zero-order chi connectivity index (χ0) is 16.9. The van der Waals surface area contributed by atoms with Crippen LogP contribution in [0.4, 0.5) is 0 Å². The zero-order valence-electron chi connectivity index (χ0n) is 14.5. The van der Waals surface area contributed by atoms with Crippen LogP contribution in [0.3, 0.4) is 0 Å². The fourth-order valence-corrected chi connectivity index (χ4v) is 2.54. The molecule has 0 saturated heterocycles. The quantitative estimate of drug-likeness (QED) is 0.325. The Bertz CT molecular complexity index is 457. The molecule has 1 N–H and O–H groups in total. The van der Waals surface area contributed by atoms with Gasteiger partial charge in [0.15, 0.2) is 11.5 Å². The highest BCUT2D eigenvalue weighted by atomic mass is 16.6. The smallest absolute Gasteiger partial charge is 0.311 e. The fraction of sp³-hybridized carbons (Fsp3) is 0.632. The average molecular weight is 322 g/mol. The molecule has 0 bridgehead atoms. The van der Waals surface area contributed by atoms with Crippen molar-refractivity contribution in [3.63, 3.8) is 0 Å². The number of hydrogen-bond acceptors (Lipinski definition) is 4. The molecule has 0 heterocycles. The number of unbranched alkanes of at least 4 members (excludes halogenated alkanes) is 8. The molecule has 1 rings (SSSR count). The summed E-state index contributed by atoms with van der Waals surface area (Å²) in [6.45, 7) is 2.23. The number of esters is 1. The average Bonchev–Trinajstić information content (AvgIpc) is 2.53. The molecule has 0 spiro atoms. The molecule has 0 aromatic heterocycles. The lowest BCUT2D eigenvalue weighted by Crippen LogP contribution is -2.08. The number of carbonyl (C=O) groups is 1. The van der Waals surface area contributed by atoms with E-state index in [0.29, 0.717) is 6.42 Å². The van der Waals surface area contributed by atoms with E-state index in [-0.39, 0.29) is 23.2 Å². The Morgan fingerprint density at radius 3 is 2.22 bits per heavy atom. The van der Waals surface area contributed by atoms with Crippen LogP contribution in [0.1, 0.15) is 71.1 Å². The molecule has 0 radical (unpaired) electrons. The predicted octanol–water partition coefficient (Wildman–Crippen LogP) is 5.23. The normalized spacial score (nSPS) is 10.5. The van der Waals surface area contributed by atoms with Gasteiger partial charge in [-0.2, -0.15) is 0 Å². The van der Waals surface area contributed by atoms with E-state index in [1.807, 2.05) is 0 Å². The van der Waals surface area contributed by atoms with Crippen molar-refractivity contribution in [3.05, 3.63) is 18.2 Å². The van der Waals surface area contributed by atoms with Crippen molar-refractivity contribution in [3.8, 4) is 17.2 Å². The Kier molecular flexibility index (Phi) is 9.92. The van der Waals surface area contributed by atoms with E-state index in [1.165, 1.54) is 58.1 Å². The molecule has 0 atom stereocenters. The molecule has 130 valence electrons. The van der Waals surface area contributed by atoms with E-state index < -0.39 is 0 Å². The summed E-state index contributed by atoms with van der Waals surface area (Å²) in [5.74, 6) is 0.166. The molecule has 0 saturated carbocycles. The summed E-state index contributed by atoms with van der Waals surface area (Å²) >= 11 is 0. The maximum Gasteiger partial charge on any atom is 0.311 e. The van der Waals surface area contributed by atoms with Crippen LogP contribution in [-0.2, 0) is 4.79 Å². The van der Waals surface area contributed by atoms with Gasteiger partial charge in [0, 0.05) is 6.42 Å². The van der Waals surface area contributed by atoms with Gasteiger partial charge in [-0.05, 0) is 18.6 Å². The lowest BCUT2D eigenvalue weighted by atomic mass is 10.1. The Balaban J connectivity index is 2.14. The number of rotatable bonds is 12. The molecule has 0 aliphatic rings. The summed E-state index contributed by atoms with van der Waals surface area (Å²) in [5, 5.41) is 9.64. The second-order valence-electron chi connectivity index (χ2n) is 5.86. The maximum absolute atomic E-state index is 11.8. The minimum atomic E-state index is -0.281. The van der Waals surface area contributed by atoms with E-state index in [0.717, 1.165) is 12.8 Å². The van der Waals surface area contributed by atoms with Crippen molar-refractivity contribution in [1.29, 1.82) is 0 Å². The van der Waals surface area contributed by atoms with Gasteiger partial charge in [0.05, 0.1) is 7.11 Å².